The summed E-state index contributed by atoms with van der Waals surface area (Å²) in [6.45, 7) is 4.10. The minimum Gasteiger partial charge on any atom is -0.273 e. The van der Waals surface area contributed by atoms with Gasteiger partial charge in [-0.2, -0.15) is 23.4 Å². The molecule has 0 spiro atoms. The molecule has 0 aliphatic carbocycles. The van der Waals surface area contributed by atoms with Crippen LogP contribution in [0.3, 0.4) is 0 Å². The highest BCUT2D eigenvalue weighted by Gasteiger charge is 2.35. The fraction of sp³-hybridized carbons (Fsp3) is 0.550. The maximum Gasteiger partial charge on any atom is 0.435 e. The van der Waals surface area contributed by atoms with Crippen molar-refractivity contribution in [3.8, 4) is 0 Å². The lowest BCUT2D eigenvalue weighted by Crippen LogP contribution is -2.37. The number of alkyl halides is 4. The van der Waals surface area contributed by atoms with Gasteiger partial charge in [0.15, 0.2) is 5.69 Å². The number of hydrogen-bond donors (Lipinski definition) is 0. The first-order chi connectivity index (χ1) is 13.7. The van der Waals surface area contributed by atoms with Gasteiger partial charge in [0.05, 0.1) is 11.2 Å². The van der Waals surface area contributed by atoms with E-state index in [1.807, 2.05) is 6.92 Å². The Labute approximate surface area is 176 Å². The van der Waals surface area contributed by atoms with Gasteiger partial charge in [0.2, 0.25) is 5.91 Å². The number of hydrogen-bond acceptors (Lipinski definition) is 3. The predicted octanol–water partition coefficient (Wildman–Crippen LogP) is 5.19. The molecule has 9 heteroatoms. The maximum absolute atomic E-state index is 13.2. The molecule has 3 heterocycles. The fourth-order valence-corrected chi connectivity index (χ4v) is 3.91. The van der Waals surface area contributed by atoms with Crippen molar-refractivity contribution < 1.29 is 18.0 Å². The van der Waals surface area contributed by atoms with Crippen LogP contribution >= 0.6 is 15.9 Å². The van der Waals surface area contributed by atoms with Gasteiger partial charge in [-0.25, -0.2) is 9.52 Å². The van der Waals surface area contributed by atoms with Crippen LogP contribution in [0.15, 0.2) is 23.3 Å². The zero-order valence-electron chi connectivity index (χ0n) is 16.5. The van der Waals surface area contributed by atoms with Gasteiger partial charge >= 0.3 is 6.18 Å². The number of hydrazone groups is 1. The van der Waals surface area contributed by atoms with Crippen LogP contribution < -0.4 is 0 Å². The Kier molecular flexibility index (Phi) is 6.65. The standard InChI is InChI=1S/C20H24BrF3N4O/c1-13-11-18(29)27(10-6-4-3-5-9-21)26-19(13)15-8-7-14(2)28-16(15)12-17(25-28)20(22,23)24/h7-8,12-13H,3-6,9-11H2,1-2H3. The van der Waals surface area contributed by atoms with E-state index < -0.39 is 11.9 Å². The van der Waals surface area contributed by atoms with Crippen LogP contribution in [0.1, 0.15) is 56.0 Å². The number of aromatic nitrogens is 2. The summed E-state index contributed by atoms with van der Waals surface area (Å²) in [4.78, 5) is 12.4. The third-order valence-electron chi connectivity index (χ3n) is 5.09. The normalized spacial score (nSPS) is 17.9. The van der Waals surface area contributed by atoms with Gasteiger partial charge in [-0.15, -0.1) is 0 Å². The van der Waals surface area contributed by atoms with Gasteiger partial charge in [0, 0.05) is 35.5 Å². The minimum absolute atomic E-state index is 0.0469. The zero-order valence-corrected chi connectivity index (χ0v) is 18.1. The van der Waals surface area contributed by atoms with Crippen molar-refractivity contribution >= 4 is 33.1 Å². The highest BCUT2D eigenvalue weighted by Crippen LogP contribution is 2.31. The minimum atomic E-state index is -4.52. The molecule has 158 valence electrons. The quantitative estimate of drug-likeness (QED) is 0.411. The van der Waals surface area contributed by atoms with Gasteiger partial charge in [0.25, 0.3) is 0 Å². The Balaban J connectivity index is 1.94. The first-order valence-electron chi connectivity index (χ1n) is 9.74. The average Bonchev–Trinajstić information content (AvgIpc) is 3.11. The smallest absolute Gasteiger partial charge is 0.273 e. The van der Waals surface area contributed by atoms with Crippen LogP contribution in [0, 0.1) is 12.8 Å². The molecule has 0 saturated carbocycles. The second-order valence-corrected chi connectivity index (χ2v) is 8.22. The number of unbranched alkanes of at least 4 members (excludes halogenated alkanes) is 3. The van der Waals surface area contributed by atoms with E-state index in [9.17, 15) is 18.0 Å². The number of amides is 1. The van der Waals surface area contributed by atoms with Crippen molar-refractivity contribution in [2.45, 2.75) is 52.1 Å². The summed E-state index contributed by atoms with van der Waals surface area (Å²) in [5.41, 5.74) is 1.24. The van der Waals surface area contributed by atoms with Gasteiger partial charge in [-0.05, 0) is 38.0 Å². The first-order valence-corrected chi connectivity index (χ1v) is 10.9. The zero-order chi connectivity index (χ0) is 21.2. The lowest BCUT2D eigenvalue weighted by atomic mass is 9.93. The predicted molar refractivity (Wildman–Crippen MR) is 109 cm³/mol. The van der Waals surface area contributed by atoms with Crippen LogP contribution in [-0.4, -0.2) is 38.1 Å². The molecule has 1 aliphatic rings. The summed E-state index contributed by atoms with van der Waals surface area (Å²) in [6, 6.07) is 4.55. The van der Waals surface area contributed by atoms with Crippen LogP contribution in [0.2, 0.25) is 0 Å². The number of fused-ring (bicyclic) bond motifs is 1. The second-order valence-electron chi connectivity index (χ2n) is 7.42. The van der Waals surface area contributed by atoms with Gasteiger partial charge in [-0.1, -0.05) is 35.7 Å². The van der Waals surface area contributed by atoms with Crippen molar-refractivity contribution in [1.29, 1.82) is 0 Å². The number of carbonyl (C=O) groups excluding carboxylic acids is 1. The van der Waals surface area contributed by atoms with Crippen molar-refractivity contribution in [2.24, 2.45) is 11.0 Å². The molecule has 0 bridgehead atoms. The molecule has 2 aromatic rings. The summed E-state index contributed by atoms with van der Waals surface area (Å²) in [5.74, 6) is -0.225. The molecule has 3 rings (SSSR count). The molecule has 1 aliphatic heterocycles. The molecule has 29 heavy (non-hydrogen) atoms. The SMILES string of the molecule is Cc1ccc(C2=NN(CCCCCCBr)C(=O)CC2C)c2cc(C(F)(F)F)nn12. The van der Waals surface area contributed by atoms with Crippen molar-refractivity contribution in [1.82, 2.24) is 14.6 Å². The van der Waals surface area contributed by atoms with Crippen molar-refractivity contribution in [3.05, 3.63) is 35.2 Å². The van der Waals surface area contributed by atoms with E-state index in [0.29, 0.717) is 35.5 Å². The first kappa shape index (κ1) is 21.8. The van der Waals surface area contributed by atoms with E-state index in [-0.39, 0.29) is 11.8 Å². The van der Waals surface area contributed by atoms with E-state index in [1.165, 1.54) is 9.52 Å². The third-order valence-corrected chi connectivity index (χ3v) is 5.66. The topological polar surface area (TPSA) is 50.0 Å². The molecule has 5 nitrogen and oxygen atoms in total. The summed E-state index contributed by atoms with van der Waals surface area (Å²) in [5, 5.41) is 10.7. The third kappa shape index (κ3) is 4.82. The maximum atomic E-state index is 13.2. The van der Waals surface area contributed by atoms with Crippen LogP contribution in [-0.2, 0) is 11.0 Å². The fourth-order valence-electron chi connectivity index (χ4n) is 3.51. The van der Waals surface area contributed by atoms with Crippen molar-refractivity contribution in [2.75, 3.05) is 11.9 Å². The average molecular weight is 473 g/mol. The van der Waals surface area contributed by atoms with Gasteiger partial charge in [-0.3, -0.25) is 4.79 Å². The molecule has 1 atom stereocenters. The molecule has 1 unspecified atom stereocenters. The van der Waals surface area contributed by atoms with E-state index in [1.54, 1.807) is 19.1 Å². The molecule has 0 saturated heterocycles. The number of pyridine rings is 1. The summed E-state index contributed by atoms with van der Waals surface area (Å²) in [6.07, 6.45) is -0.216. The molecular formula is C20H24BrF3N4O. The Morgan fingerprint density at radius 1 is 1.21 bits per heavy atom. The Morgan fingerprint density at radius 2 is 1.93 bits per heavy atom. The summed E-state index contributed by atoms with van der Waals surface area (Å²) >= 11 is 3.40. The molecule has 0 N–H and O–H groups in total. The number of halogens is 4. The van der Waals surface area contributed by atoms with E-state index >= 15 is 0 Å². The lowest BCUT2D eigenvalue weighted by molar-refractivity contribution is -0.141. The molecule has 1 amide bonds. The Bertz CT molecular complexity index is 922. The van der Waals surface area contributed by atoms with E-state index in [4.69, 9.17) is 0 Å². The molecule has 2 aromatic heterocycles. The highest BCUT2D eigenvalue weighted by molar-refractivity contribution is 9.09. The number of nitrogens with zero attached hydrogens (tertiary/aromatic N) is 4. The molecular weight excluding hydrogens is 449 g/mol. The van der Waals surface area contributed by atoms with Crippen LogP contribution in [0.25, 0.3) is 5.52 Å². The number of carbonyl (C=O) groups is 1. The van der Waals surface area contributed by atoms with E-state index in [0.717, 1.165) is 37.1 Å². The summed E-state index contributed by atoms with van der Waals surface area (Å²) < 4.78 is 40.9. The van der Waals surface area contributed by atoms with Crippen molar-refractivity contribution in [3.63, 3.8) is 0 Å². The monoisotopic (exact) mass is 472 g/mol. The number of rotatable bonds is 7. The highest BCUT2D eigenvalue weighted by atomic mass is 79.9. The van der Waals surface area contributed by atoms with E-state index in [2.05, 4.69) is 26.1 Å². The second kappa shape index (κ2) is 8.85. The number of aryl methyl sites for hydroxylation is 1. The molecule has 0 radical (unpaired) electrons. The Hall–Kier alpha value is -1.90. The Morgan fingerprint density at radius 3 is 2.62 bits per heavy atom. The summed E-state index contributed by atoms with van der Waals surface area (Å²) in [7, 11) is 0. The van der Waals surface area contributed by atoms with Gasteiger partial charge in [0.1, 0.15) is 0 Å². The van der Waals surface area contributed by atoms with Crippen LogP contribution in [0.5, 0.6) is 0 Å². The lowest BCUT2D eigenvalue weighted by Gasteiger charge is -2.28. The van der Waals surface area contributed by atoms with Gasteiger partial charge < -0.3 is 0 Å². The molecule has 0 aromatic carbocycles. The molecule has 0 fully saturated rings. The van der Waals surface area contributed by atoms with Crippen LogP contribution in [0.4, 0.5) is 13.2 Å². The largest absolute Gasteiger partial charge is 0.435 e.